The third-order valence-corrected chi connectivity index (χ3v) is 5.35. The first-order valence-electron chi connectivity index (χ1n) is 9.12. The van der Waals surface area contributed by atoms with E-state index in [1.807, 2.05) is 23.6 Å². The van der Waals surface area contributed by atoms with Gasteiger partial charge in [-0.1, -0.05) is 30.3 Å². The van der Waals surface area contributed by atoms with Crippen LogP contribution in [0.15, 0.2) is 41.8 Å². The first-order chi connectivity index (χ1) is 13.1. The van der Waals surface area contributed by atoms with Crippen molar-refractivity contribution in [3.8, 4) is 0 Å². The summed E-state index contributed by atoms with van der Waals surface area (Å²) < 4.78 is 5.37. The molecule has 1 aromatic heterocycles. The van der Waals surface area contributed by atoms with Crippen LogP contribution in [-0.2, 0) is 22.6 Å². The summed E-state index contributed by atoms with van der Waals surface area (Å²) in [6.07, 6.45) is 0. The van der Waals surface area contributed by atoms with Crippen LogP contribution in [0.3, 0.4) is 0 Å². The van der Waals surface area contributed by atoms with Gasteiger partial charge in [0.2, 0.25) is 5.91 Å². The second-order valence-corrected chi connectivity index (χ2v) is 7.54. The van der Waals surface area contributed by atoms with Crippen molar-refractivity contribution in [1.29, 1.82) is 0 Å². The third-order valence-electron chi connectivity index (χ3n) is 4.49. The van der Waals surface area contributed by atoms with Crippen molar-refractivity contribution >= 4 is 23.2 Å². The Morgan fingerprint density at radius 3 is 2.52 bits per heavy atom. The smallest absolute Gasteiger partial charge is 0.261 e. The molecular formula is C20H25N3O3S. The summed E-state index contributed by atoms with van der Waals surface area (Å²) in [7, 11) is 0. The van der Waals surface area contributed by atoms with E-state index in [1.165, 1.54) is 16.9 Å². The van der Waals surface area contributed by atoms with Gasteiger partial charge in [0.05, 0.1) is 18.1 Å². The van der Waals surface area contributed by atoms with Crippen LogP contribution in [0, 0.1) is 0 Å². The Bertz CT molecular complexity index is 740. The summed E-state index contributed by atoms with van der Waals surface area (Å²) in [5.74, 6) is -0.419. The second-order valence-electron chi connectivity index (χ2n) is 6.60. The number of nitrogens with one attached hydrogen (secondary N) is 2. The Labute approximate surface area is 163 Å². The molecule has 0 spiro atoms. The van der Waals surface area contributed by atoms with Crippen molar-refractivity contribution in [1.82, 2.24) is 15.5 Å². The van der Waals surface area contributed by atoms with Crippen LogP contribution in [0.1, 0.15) is 27.7 Å². The monoisotopic (exact) mass is 387 g/mol. The minimum absolute atomic E-state index is 0.197. The number of thiophene rings is 1. The molecule has 0 bridgehead atoms. The fraction of sp³-hybridized carbons (Fsp3) is 0.400. The predicted octanol–water partition coefficient (Wildman–Crippen LogP) is 2.01. The van der Waals surface area contributed by atoms with E-state index >= 15 is 0 Å². The van der Waals surface area contributed by atoms with Crippen molar-refractivity contribution in [2.75, 3.05) is 26.3 Å². The zero-order valence-electron chi connectivity index (χ0n) is 15.4. The van der Waals surface area contributed by atoms with E-state index < -0.39 is 6.04 Å². The Hall–Kier alpha value is -2.22. The average molecular weight is 388 g/mol. The molecule has 144 valence electrons. The standard InChI is InChI=1S/C20H25N3O3S/c1-15(22-20(25)18-3-2-12-27-18)19(24)21-13-16-4-6-17(7-5-16)14-23-8-10-26-11-9-23/h2-7,12,15H,8-11,13-14H2,1H3,(H,21,24)(H,22,25). The fourth-order valence-corrected chi connectivity index (χ4v) is 3.49. The normalized spacial score (nSPS) is 15.9. The van der Waals surface area contributed by atoms with Crippen molar-refractivity contribution in [2.24, 2.45) is 0 Å². The summed E-state index contributed by atoms with van der Waals surface area (Å²) in [6, 6.07) is 11.2. The van der Waals surface area contributed by atoms with Crippen LogP contribution in [0.2, 0.25) is 0 Å². The van der Waals surface area contributed by atoms with Gasteiger partial charge in [-0.3, -0.25) is 14.5 Å². The van der Waals surface area contributed by atoms with E-state index in [2.05, 4.69) is 27.7 Å². The van der Waals surface area contributed by atoms with E-state index in [0.29, 0.717) is 11.4 Å². The maximum atomic E-state index is 12.2. The molecule has 2 aromatic rings. The minimum Gasteiger partial charge on any atom is -0.379 e. The van der Waals surface area contributed by atoms with Crippen LogP contribution in [0.25, 0.3) is 0 Å². The lowest BCUT2D eigenvalue weighted by Gasteiger charge is -2.26. The average Bonchev–Trinajstić information content (AvgIpc) is 3.23. The van der Waals surface area contributed by atoms with Gasteiger partial charge in [0.15, 0.2) is 0 Å². The summed E-state index contributed by atoms with van der Waals surface area (Å²) in [5, 5.41) is 7.43. The SMILES string of the molecule is CC(NC(=O)c1cccs1)C(=O)NCc1ccc(CN2CCOCC2)cc1. The molecule has 2 heterocycles. The van der Waals surface area contributed by atoms with Crippen LogP contribution in [0.4, 0.5) is 0 Å². The van der Waals surface area contributed by atoms with Gasteiger partial charge in [0.25, 0.3) is 5.91 Å². The number of nitrogens with zero attached hydrogens (tertiary/aromatic N) is 1. The van der Waals surface area contributed by atoms with E-state index in [9.17, 15) is 9.59 Å². The third kappa shape index (κ3) is 5.89. The van der Waals surface area contributed by atoms with Crippen molar-refractivity contribution in [3.05, 3.63) is 57.8 Å². The van der Waals surface area contributed by atoms with Gasteiger partial charge in [0, 0.05) is 26.2 Å². The number of morpholine rings is 1. The number of hydrogen-bond donors (Lipinski definition) is 2. The highest BCUT2D eigenvalue weighted by Gasteiger charge is 2.17. The summed E-state index contributed by atoms with van der Waals surface area (Å²) in [6.45, 7) is 6.57. The largest absolute Gasteiger partial charge is 0.379 e. The summed E-state index contributed by atoms with van der Waals surface area (Å²) in [4.78, 5) is 27.2. The number of carbonyl (C=O) groups excluding carboxylic acids is 2. The molecule has 1 unspecified atom stereocenters. The number of benzene rings is 1. The molecule has 1 aromatic carbocycles. The number of ether oxygens (including phenoxy) is 1. The molecule has 1 atom stereocenters. The molecule has 27 heavy (non-hydrogen) atoms. The molecule has 1 saturated heterocycles. The van der Waals surface area contributed by atoms with Crippen molar-refractivity contribution in [3.63, 3.8) is 0 Å². The molecule has 0 radical (unpaired) electrons. The summed E-state index contributed by atoms with van der Waals surface area (Å²) >= 11 is 1.35. The fourth-order valence-electron chi connectivity index (χ4n) is 2.86. The molecule has 2 amide bonds. The number of carbonyl (C=O) groups is 2. The van der Waals surface area contributed by atoms with Gasteiger partial charge in [-0.2, -0.15) is 0 Å². The van der Waals surface area contributed by atoms with Gasteiger partial charge in [-0.05, 0) is 29.5 Å². The lowest BCUT2D eigenvalue weighted by Crippen LogP contribution is -2.44. The molecule has 3 rings (SSSR count). The lowest BCUT2D eigenvalue weighted by molar-refractivity contribution is -0.122. The van der Waals surface area contributed by atoms with Gasteiger partial charge in [-0.25, -0.2) is 0 Å². The number of amides is 2. The molecular weight excluding hydrogens is 362 g/mol. The van der Waals surface area contributed by atoms with E-state index in [4.69, 9.17) is 4.74 Å². The minimum atomic E-state index is -0.583. The van der Waals surface area contributed by atoms with Crippen LogP contribution in [0.5, 0.6) is 0 Å². The van der Waals surface area contributed by atoms with Crippen LogP contribution >= 0.6 is 11.3 Å². The second kappa shape index (κ2) is 9.64. The van der Waals surface area contributed by atoms with Crippen molar-refractivity contribution in [2.45, 2.75) is 26.1 Å². The highest BCUT2D eigenvalue weighted by Crippen LogP contribution is 2.10. The van der Waals surface area contributed by atoms with Crippen molar-refractivity contribution < 1.29 is 14.3 Å². The first kappa shape index (κ1) is 19.5. The Balaban J connectivity index is 1.43. The highest BCUT2D eigenvalue weighted by molar-refractivity contribution is 7.12. The Kier molecular flexibility index (Phi) is 6.98. The zero-order chi connectivity index (χ0) is 19.1. The Morgan fingerprint density at radius 1 is 1.15 bits per heavy atom. The Morgan fingerprint density at radius 2 is 1.85 bits per heavy atom. The maximum Gasteiger partial charge on any atom is 0.261 e. The van der Waals surface area contributed by atoms with Gasteiger partial charge < -0.3 is 15.4 Å². The highest BCUT2D eigenvalue weighted by atomic mass is 32.1. The first-order valence-corrected chi connectivity index (χ1v) is 10.00. The molecule has 0 saturated carbocycles. The molecule has 1 fully saturated rings. The molecule has 6 nitrogen and oxygen atoms in total. The number of rotatable bonds is 7. The number of hydrogen-bond acceptors (Lipinski definition) is 5. The lowest BCUT2D eigenvalue weighted by atomic mass is 10.1. The molecule has 7 heteroatoms. The van der Waals surface area contributed by atoms with Crippen LogP contribution < -0.4 is 10.6 Å². The van der Waals surface area contributed by atoms with E-state index in [-0.39, 0.29) is 11.8 Å². The van der Waals surface area contributed by atoms with E-state index in [0.717, 1.165) is 38.4 Å². The quantitative estimate of drug-likeness (QED) is 0.763. The van der Waals surface area contributed by atoms with E-state index in [1.54, 1.807) is 13.0 Å². The van der Waals surface area contributed by atoms with Gasteiger partial charge >= 0.3 is 0 Å². The zero-order valence-corrected chi connectivity index (χ0v) is 16.3. The summed E-state index contributed by atoms with van der Waals surface area (Å²) in [5.41, 5.74) is 2.29. The predicted molar refractivity (Wildman–Crippen MR) is 106 cm³/mol. The molecule has 2 N–H and O–H groups in total. The van der Waals surface area contributed by atoms with Gasteiger partial charge in [-0.15, -0.1) is 11.3 Å². The van der Waals surface area contributed by atoms with Crippen LogP contribution in [-0.4, -0.2) is 49.1 Å². The molecule has 0 aliphatic carbocycles. The maximum absolute atomic E-state index is 12.2. The van der Waals surface area contributed by atoms with Gasteiger partial charge in [0.1, 0.15) is 6.04 Å². The topological polar surface area (TPSA) is 70.7 Å². The molecule has 1 aliphatic rings. The molecule has 1 aliphatic heterocycles.